The van der Waals surface area contributed by atoms with Crippen LogP contribution in [0.25, 0.3) is 5.57 Å². The zero-order valence-corrected chi connectivity index (χ0v) is 17.2. The summed E-state index contributed by atoms with van der Waals surface area (Å²) in [6, 6.07) is 28.9. The zero-order valence-electron chi connectivity index (χ0n) is 13.0. The first kappa shape index (κ1) is 17.7. The first-order valence-corrected chi connectivity index (χ1v) is 7.46. The van der Waals surface area contributed by atoms with Crippen molar-refractivity contribution >= 4 is 5.57 Å². The van der Waals surface area contributed by atoms with Crippen LogP contribution < -0.4 is 0 Å². The molecule has 3 aromatic rings. The third-order valence-electron chi connectivity index (χ3n) is 3.65. The maximum absolute atomic E-state index is 3.72. The molecule has 23 heavy (non-hydrogen) atoms. The third kappa shape index (κ3) is 4.65. The summed E-state index contributed by atoms with van der Waals surface area (Å²) in [4.78, 5) is 0. The zero-order chi connectivity index (χ0) is 15.2. The monoisotopic (exact) mass is 520 g/mol. The maximum Gasteiger partial charge on any atom is 2.00 e. The van der Waals surface area contributed by atoms with E-state index in [9.17, 15) is 0 Å². The fraction of sp³-hybridized carbons (Fsp3) is 0.0455. The van der Waals surface area contributed by atoms with E-state index in [-0.39, 0.29) is 31.1 Å². The van der Waals surface area contributed by atoms with Gasteiger partial charge in [-0.25, -0.2) is 0 Å². The fourth-order valence-corrected chi connectivity index (χ4v) is 2.54. The third-order valence-corrected chi connectivity index (χ3v) is 3.65. The first-order valence-electron chi connectivity index (χ1n) is 7.46. The molecule has 0 heterocycles. The molecular formula is C22H18U. The summed E-state index contributed by atoms with van der Waals surface area (Å²) in [7, 11) is 0. The van der Waals surface area contributed by atoms with Crippen molar-refractivity contribution in [3.05, 3.63) is 120 Å². The summed E-state index contributed by atoms with van der Waals surface area (Å²) in [5.41, 5.74) is 6.32. The van der Waals surface area contributed by atoms with Gasteiger partial charge in [-0.3, -0.25) is 0 Å². The van der Waals surface area contributed by atoms with E-state index in [1.165, 1.54) is 22.3 Å². The molecule has 1 heteroatoms. The SMILES string of the molecule is [C-]1=C(c2ccccc2)c2ccccc2C1.[CH2-]c1ccccc1.[U+2]. The Morgan fingerprint density at radius 1 is 0.696 bits per heavy atom. The predicted octanol–water partition coefficient (Wildman–Crippen LogP) is 5.35. The Kier molecular flexibility index (Phi) is 6.78. The van der Waals surface area contributed by atoms with Crippen molar-refractivity contribution in [3.63, 3.8) is 0 Å². The summed E-state index contributed by atoms with van der Waals surface area (Å²) in [5.74, 6) is 0. The van der Waals surface area contributed by atoms with Crippen molar-refractivity contribution in [2.24, 2.45) is 0 Å². The Bertz CT molecular complexity index is 758. The number of rotatable bonds is 1. The van der Waals surface area contributed by atoms with Crippen molar-refractivity contribution in [2.45, 2.75) is 6.42 Å². The Balaban J connectivity index is 0.000000205. The minimum absolute atomic E-state index is 0. The molecule has 4 rings (SSSR count). The van der Waals surface area contributed by atoms with E-state index in [4.69, 9.17) is 0 Å². The van der Waals surface area contributed by atoms with Gasteiger partial charge in [0.05, 0.1) is 0 Å². The molecule has 0 aliphatic heterocycles. The quantitative estimate of drug-likeness (QED) is 0.380. The molecule has 0 nitrogen and oxygen atoms in total. The molecule has 0 saturated carbocycles. The molecule has 3 aromatic carbocycles. The molecule has 0 saturated heterocycles. The first-order chi connectivity index (χ1) is 10.8. The van der Waals surface area contributed by atoms with E-state index in [1.54, 1.807) is 0 Å². The van der Waals surface area contributed by atoms with Gasteiger partial charge in [-0.1, -0.05) is 48.9 Å². The Morgan fingerprint density at radius 3 is 1.87 bits per heavy atom. The van der Waals surface area contributed by atoms with Gasteiger partial charge in [-0.15, -0.1) is 47.0 Å². The van der Waals surface area contributed by atoms with Crippen LogP contribution in [-0.2, 0) is 6.42 Å². The van der Waals surface area contributed by atoms with Gasteiger partial charge in [0.25, 0.3) is 0 Å². The van der Waals surface area contributed by atoms with E-state index in [0.717, 1.165) is 12.0 Å². The topological polar surface area (TPSA) is 0 Å². The summed E-state index contributed by atoms with van der Waals surface area (Å²) >= 11 is 0. The van der Waals surface area contributed by atoms with Crippen molar-refractivity contribution < 1.29 is 31.1 Å². The van der Waals surface area contributed by atoms with Crippen LogP contribution in [0.15, 0.2) is 84.9 Å². The molecule has 0 spiro atoms. The predicted molar refractivity (Wildman–Crippen MR) is 93.2 cm³/mol. The van der Waals surface area contributed by atoms with Gasteiger partial charge >= 0.3 is 31.1 Å². The van der Waals surface area contributed by atoms with Gasteiger partial charge in [0.1, 0.15) is 0 Å². The molecule has 110 valence electrons. The molecule has 0 atom stereocenters. The summed E-state index contributed by atoms with van der Waals surface area (Å²) in [6.07, 6.45) is 4.40. The second-order valence-corrected chi connectivity index (χ2v) is 5.24. The average Bonchev–Trinajstić information content (AvgIpc) is 3.01. The Hall–Kier alpha value is -1.68. The Morgan fingerprint density at radius 2 is 1.26 bits per heavy atom. The smallest absolute Gasteiger partial charge is 0.199 e. The van der Waals surface area contributed by atoms with Gasteiger partial charge in [-0.05, 0) is 0 Å². The number of allylic oxidation sites excluding steroid dienone is 1. The average molecular weight is 520 g/mol. The van der Waals surface area contributed by atoms with Gasteiger partial charge in [0, 0.05) is 0 Å². The second-order valence-electron chi connectivity index (χ2n) is 5.24. The van der Waals surface area contributed by atoms with E-state index >= 15 is 0 Å². The molecule has 1 aliphatic rings. The van der Waals surface area contributed by atoms with E-state index in [1.807, 2.05) is 36.4 Å². The van der Waals surface area contributed by atoms with Crippen LogP contribution >= 0.6 is 0 Å². The summed E-state index contributed by atoms with van der Waals surface area (Å²) < 4.78 is 0. The summed E-state index contributed by atoms with van der Waals surface area (Å²) in [5, 5.41) is 0. The van der Waals surface area contributed by atoms with Crippen LogP contribution in [0.4, 0.5) is 0 Å². The van der Waals surface area contributed by atoms with Crippen LogP contribution in [-0.4, -0.2) is 0 Å². The number of hydrogen-bond acceptors (Lipinski definition) is 0. The van der Waals surface area contributed by atoms with E-state index in [2.05, 4.69) is 61.5 Å². The van der Waals surface area contributed by atoms with Gasteiger partial charge in [-0.2, -0.15) is 36.3 Å². The number of fused-ring (bicyclic) bond motifs is 1. The number of benzene rings is 3. The van der Waals surface area contributed by atoms with E-state index in [0.29, 0.717) is 0 Å². The van der Waals surface area contributed by atoms with Crippen molar-refractivity contribution in [3.8, 4) is 0 Å². The van der Waals surface area contributed by atoms with Crippen LogP contribution in [0.2, 0.25) is 0 Å². The molecule has 1 aliphatic carbocycles. The van der Waals surface area contributed by atoms with Crippen LogP contribution in [0, 0.1) is 44.1 Å². The van der Waals surface area contributed by atoms with E-state index < -0.39 is 0 Å². The molecule has 0 unspecified atom stereocenters. The van der Waals surface area contributed by atoms with Gasteiger partial charge in [0.15, 0.2) is 0 Å². The van der Waals surface area contributed by atoms with Crippen LogP contribution in [0.1, 0.15) is 22.3 Å². The summed E-state index contributed by atoms with van der Waals surface area (Å²) in [6.45, 7) is 3.72. The second kappa shape index (κ2) is 8.82. The maximum atomic E-state index is 3.72. The molecule has 0 fully saturated rings. The van der Waals surface area contributed by atoms with Crippen molar-refractivity contribution in [1.82, 2.24) is 0 Å². The molecule has 0 radical (unpaired) electrons. The molecule has 0 N–H and O–H groups in total. The number of hydrogen-bond donors (Lipinski definition) is 0. The minimum Gasteiger partial charge on any atom is -0.199 e. The fourth-order valence-electron chi connectivity index (χ4n) is 2.54. The van der Waals surface area contributed by atoms with Crippen molar-refractivity contribution in [2.75, 3.05) is 0 Å². The van der Waals surface area contributed by atoms with Crippen molar-refractivity contribution in [1.29, 1.82) is 0 Å². The standard InChI is InChI=1S/C15H11.C7H7.U/c1-2-6-12(7-3-1)15-11-10-13-8-4-5-9-14(13)15;1-7-5-3-2-4-6-7;/h1-9H,10H2;2-6H,1H2;/q2*-1;+2. The normalized spacial score (nSPS) is 11.4. The van der Waals surface area contributed by atoms with Gasteiger partial charge in [0.2, 0.25) is 0 Å². The molecule has 0 amide bonds. The Labute approximate surface area is 162 Å². The largest absolute Gasteiger partial charge is 2.00 e. The minimum atomic E-state index is 0. The molecule has 0 aromatic heterocycles. The van der Waals surface area contributed by atoms with Gasteiger partial charge < -0.3 is 0 Å². The van der Waals surface area contributed by atoms with Crippen LogP contribution in [0.3, 0.4) is 0 Å². The van der Waals surface area contributed by atoms with Crippen LogP contribution in [0.5, 0.6) is 0 Å². The molecule has 0 bridgehead atoms. The molecular weight excluding hydrogens is 502 g/mol.